The number of morpholine rings is 1. The van der Waals surface area contributed by atoms with Crippen LogP contribution in [0.25, 0.3) is 0 Å². The van der Waals surface area contributed by atoms with Crippen LogP contribution in [0, 0.1) is 6.92 Å². The van der Waals surface area contributed by atoms with E-state index in [1.807, 2.05) is 26.1 Å². The van der Waals surface area contributed by atoms with Gasteiger partial charge in [-0.25, -0.2) is 0 Å². The molecule has 1 amide bonds. The van der Waals surface area contributed by atoms with Crippen molar-refractivity contribution in [2.45, 2.75) is 13.0 Å². The largest absolute Gasteiger partial charge is 0.374 e. The maximum Gasteiger partial charge on any atom is 0.238 e. The number of nitrogens with zero attached hydrogens (tertiary/aromatic N) is 1. The zero-order valence-electron chi connectivity index (χ0n) is 12.5. The lowest BCUT2D eigenvalue weighted by atomic mass is 10.2. The number of anilines is 1. The van der Waals surface area contributed by atoms with Gasteiger partial charge in [-0.2, -0.15) is 0 Å². The Balaban J connectivity index is 1.84. The molecule has 0 spiro atoms. The van der Waals surface area contributed by atoms with Crippen LogP contribution in [0.3, 0.4) is 0 Å². The van der Waals surface area contributed by atoms with E-state index in [1.54, 1.807) is 6.07 Å². The lowest BCUT2D eigenvalue weighted by molar-refractivity contribution is -0.119. The third kappa shape index (κ3) is 4.97. The number of hydrogen-bond donors (Lipinski definition) is 2. The van der Waals surface area contributed by atoms with E-state index in [4.69, 9.17) is 16.3 Å². The molecule has 0 aliphatic carbocycles. The fourth-order valence-electron chi connectivity index (χ4n) is 2.35. The molecule has 1 fully saturated rings. The zero-order valence-corrected chi connectivity index (χ0v) is 13.2. The van der Waals surface area contributed by atoms with Gasteiger partial charge < -0.3 is 15.4 Å². The summed E-state index contributed by atoms with van der Waals surface area (Å²) in [4.78, 5) is 14.2. The second kappa shape index (κ2) is 7.75. The average molecular weight is 312 g/mol. The minimum Gasteiger partial charge on any atom is -0.374 e. The lowest BCUT2D eigenvalue weighted by Gasteiger charge is -2.32. The van der Waals surface area contributed by atoms with Crippen LogP contribution in [0.1, 0.15) is 5.56 Å². The molecule has 2 rings (SSSR count). The Morgan fingerprint density at radius 3 is 3.05 bits per heavy atom. The number of ether oxygens (including phenoxy) is 1. The number of carbonyl (C=O) groups excluding carboxylic acids is 1. The second-order valence-electron chi connectivity index (χ2n) is 5.30. The van der Waals surface area contributed by atoms with Crippen molar-refractivity contribution in [1.82, 2.24) is 10.2 Å². The van der Waals surface area contributed by atoms with Crippen LogP contribution < -0.4 is 10.6 Å². The second-order valence-corrected chi connectivity index (χ2v) is 5.70. The van der Waals surface area contributed by atoms with Crippen LogP contribution >= 0.6 is 11.6 Å². The summed E-state index contributed by atoms with van der Waals surface area (Å²) in [5, 5.41) is 6.64. The molecule has 1 aliphatic rings. The minimum absolute atomic E-state index is 0.0278. The Morgan fingerprint density at radius 1 is 1.52 bits per heavy atom. The first kappa shape index (κ1) is 16.2. The molecule has 1 atom stereocenters. The minimum atomic E-state index is -0.0278. The quantitative estimate of drug-likeness (QED) is 0.865. The van der Waals surface area contributed by atoms with E-state index in [-0.39, 0.29) is 12.0 Å². The molecule has 0 saturated carbocycles. The fraction of sp³-hybridized carbons (Fsp3) is 0.533. The first-order valence-electron chi connectivity index (χ1n) is 7.13. The number of rotatable bonds is 5. The van der Waals surface area contributed by atoms with E-state index >= 15 is 0 Å². The van der Waals surface area contributed by atoms with Gasteiger partial charge in [0.1, 0.15) is 0 Å². The number of benzene rings is 1. The summed E-state index contributed by atoms with van der Waals surface area (Å²) >= 11 is 6.06. The Hall–Kier alpha value is -1.14. The lowest BCUT2D eigenvalue weighted by Crippen LogP contribution is -2.48. The zero-order chi connectivity index (χ0) is 15.2. The van der Waals surface area contributed by atoms with E-state index in [0.29, 0.717) is 18.2 Å². The Morgan fingerprint density at radius 2 is 2.33 bits per heavy atom. The molecule has 1 saturated heterocycles. The van der Waals surface area contributed by atoms with E-state index < -0.39 is 0 Å². The molecule has 1 aromatic rings. The summed E-state index contributed by atoms with van der Waals surface area (Å²) in [7, 11) is 1.90. The summed E-state index contributed by atoms with van der Waals surface area (Å²) in [6.07, 6.45) is 0.144. The standard InChI is InChI=1S/C15H22ClN3O2/c1-11-3-4-12(7-14(11)16)18-15(20)10-19-5-6-21-13(9-19)8-17-2/h3-4,7,13,17H,5-6,8-10H2,1-2H3,(H,18,20). The van der Waals surface area contributed by atoms with Gasteiger partial charge in [0, 0.05) is 30.3 Å². The smallest absolute Gasteiger partial charge is 0.238 e. The van der Waals surface area contributed by atoms with Crippen molar-refractivity contribution in [2.75, 3.05) is 45.2 Å². The van der Waals surface area contributed by atoms with Crippen LogP contribution in [0.2, 0.25) is 5.02 Å². The van der Waals surface area contributed by atoms with Crippen LogP contribution in [0.5, 0.6) is 0 Å². The normalized spacial score (nSPS) is 19.5. The Bertz CT molecular complexity index is 494. The maximum atomic E-state index is 12.1. The van der Waals surface area contributed by atoms with Crippen LogP contribution in [0.4, 0.5) is 5.69 Å². The predicted molar refractivity (Wildman–Crippen MR) is 84.9 cm³/mol. The third-order valence-corrected chi connectivity index (χ3v) is 3.88. The van der Waals surface area contributed by atoms with Gasteiger partial charge in [-0.15, -0.1) is 0 Å². The van der Waals surface area contributed by atoms with Crippen molar-refractivity contribution >= 4 is 23.2 Å². The summed E-state index contributed by atoms with van der Waals surface area (Å²) in [6, 6.07) is 5.54. The van der Waals surface area contributed by atoms with Crippen molar-refractivity contribution < 1.29 is 9.53 Å². The third-order valence-electron chi connectivity index (χ3n) is 3.48. The molecule has 5 nitrogen and oxygen atoms in total. The van der Waals surface area contributed by atoms with Crippen LogP contribution in [0.15, 0.2) is 18.2 Å². The van der Waals surface area contributed by atoms with Gasteiger partial charge >= 0.3 is 0 Å². The van der Waals surface area contributed by atoms with Gasteiger partial charge in [0.2, 0.25) is 5.91 Å². The summed E-state index contributed by atoms with van der Waals surface area (Å²) in [5.74, 6) is -0.0278. The van der Waals surface area contributed by atoms with E-state index in [2.05, 4.69) is 15.5 Å². The van der Waals surface area contributed by atoms with E-state index in [0.717, 1.165) is 30.9 Å². The number of amides is 1. The molecule has 0 radical (unpaired) electrons. The highest BCUT2D eigenvalue weighted by Crippen LogP contribution is 2.19. The van der Waals surface area contributed by atoms with Gasteiger partial charge in [0.05, 0.1) is 19.3 Å². The monoisotopic (exact) mass is 311 g/mol. The van der Waals surface area contributed by atoms with Gasteiger partial charge in [-0.3, -0.25) is 9.69 Å². The number of hydrogen-bond acceptors (Lipinski definition) is 4. The number of aryl methyl sites for hydroxylation is 1. The van der Waals surface area contributed by atoms with Crippen molar-refractivity contribution in [3.8, 4) is 0 Å². The molecule has 0 aromatic heterocycles. The van der Waals surface area contributed by atoms with Crippen molar-refractivity contribution in [1.29, 1.82) is 0 Å². The molecule has 1 aromatic carbocycles. The highest BCUT2D eigenvalue weighted by Gasteiger charge is 2.21. The van der Waals surface area contributed by atoms with Crippen molar-refractivity contribution in [3.63, 3.8) is 0 Å². The molecular weight excluding hydrogens is 290 g/mol. The fourth-order valence-corrected chi connectivity index (χ4v) is 2.53. The molecule has 6 heteroatoms. The number of likely N-dealkylation sites (N-methyl/N-ethyl adjacent to an activating group) is 1. The van der Waals surface area contributed by atoms with E-state index in [9.17, 15) is 4.79 Å². The van der Waals surface area contributed by atoms with Gasteiger partial charge in [0.15, 0.2) is 0 Å². The van der Waals surface area contributed by atoms with Crippen LogP contribution in [-0.2, 0) is 9.53 Å². The predicted octanol–water partition coefficient (Wildman–Crippen LogP) is 1.51. The summed E-state index contributed by atoms with van der Waals surface area (Å²) < 4.78 is 5.62. The Kier molecular flexibility index (Phi) is 5.99. The summed E-state index contributed by atoms with van der Waals surface area (Å²) in [6.45, 7) is 5.31. The SMILES string of the molecule is CNCC1CN(CC(=O)Nc2ccc(C)c(Cl)c2)CCO1. The Labute approximate surface area is 130 Å². The van der Waals surface area contributed by atoms with Crippen molar-refractivity contribution in [2.24, 2.45) is 0 Å². The molecule has 2 N–H and O–H groups in total. The first-order chi connectivity index (χ1) is 10.1. The molecule has 1 heterocycles. The van der Waals surface area contributed by atoms with Crippen LogP contribution in [-0.4, -0.2) is 56.7 Å². The van der Waals surface area contributed by atoms with Gasteiger partial charge in [-0.1, -0.05) is 17.7 Å². The molecular formula is C15H22ClN3O2. The average Bonchev–Trinajstić information content (AvgIpc) is 2.43. The maximum absolute atomic E-state index is 12.1. The number of halogens is 1. The number of nitrogens with one attached hydrogen (secondary N) is 2. The molecule has 21 heavy (non-hydrogen) atoms. The number of carbonyl (C=O) groups is 1. The summed E-state index contributed by atoms with van der Waals surface area (Å²) in [5.41, 5.74) is 1.73. The van der Waals surface area contributed by atoms with Gasteiger partial charge in [-0.05, 0) is 31.7 Å². The molecule has 116 valence electrons. The molecule has 1 unspecified atom stereocenters. The van der Waals surface area contributed by atoms with Crippen molar-refractivity contribution in [3.05, 3.63) is 28.8 Å². The molecule has 0 bridgehead atoms. The highest BCUT2D eigenvalue weighted by atomic mass is 35.5. The first-order valence-corrected chi connectivity index (χ1v) is 7.51. The highest BCUT2D eigenvalue weighted by molar-refractivity contribution is 6.31. The van der Waals surface area contributed by atoms with Gasteiger partial charge in [0.25, 0.3) is 0 Å². The van der Waals surface area contributed by atoms with E-state index in [1.165, 1.54) is 0 Å². The molecule has 1 aliphatic heterocycles. The topological polar surface area (TPSA) is 53.6 Å².